The summed E-state index contributed by atoms with van der Waals surface area (Å²) in [6.07, 6.45) is 1.85. The summed E-state index contributed by atoms with van der Waals surface area (Å²) in [5.74, 6) is -2.52. The van der Waals surface area contributed by atoms with E-state index in [-0.39, 0.29) is 23.0 Å². The maximum absolute atomic E-state index is 14.9. The van der Waals surface area contributed by atoms with E-state index in [0.29, 0.717) is 42.9 Å². The molecule has 0 atom stereocenters. The second-order valence-electron chi connectivity index (χ2n) is 7.87. The molecule has 0 spiro atoms. The SMILES string of the molecule is C=CC1OCC(c2ccc(-c3ccc(-c4ccc(OCCC)c(F)c4F)cc3)c(F)c2)CO1. The van der Waals surface area contributed by atoms with Gasteiger partial charge in [0, 0.05) is 17.0 Å². The molecule has 1 aliphatic heterocycles. The van der Waals surface area contributed by atoms with Crippen LogP contribution < -0.4 is 4.74 Å². The van der Waals surface area contributed by atoms with Crippen molar-refractivity contribution in [3.8, 4) is 28.0 Å². The van der Waals surface area contributed by atoms with Crippen LogP contribution in [0.3, 0.4) is 0 Å². The van der Waals surface area contributed by atoms with Crippen LogP contribution in [0.5, 0.6) is 5.75 Å². The molecule has 33 heavy (non-hydrogen) atoms. The van der Waals surface area contributed by atoms with Crippen LogP contribution in [0.1, 0.15) is 24.8 Å². The molecular formula is C27H25F3O3. The maximum atomic E-state index is 14.9. The van der Waals surface area contributed by atoms with Crippen LogP contribution in [0, 0.1) is 17.5 Å². The molecule has 3 nitrogen and oxygen atoms in total. The van der Waals surface area contributed by atoms with Crippen molar-refractivity contribution in [2.45, 2.75) is 25.6 Å². The Labute approximate surface area is 191 Å². The summed E-state index contributed by atoms with van der Waals surface area (Å²) in [6.45, 7) is 6.68. The van der Waals surface area contributed by atoms with Gasteiger partial charge in [0.15, 0.2) is 17.9 Å². The molecule has 0 amide bonds. The van der Waals surface area contributed by atoms with E-state index in [2.05, 4.69) is 6.58 Å². The Morgan fingerprint density at radius 1 is 0.909 bits per heavy atom. The predicted molar refractivity (Wildman–Crippen MR) is 122 cm³/mol. The molecule has 4 rings (SSSR count). The standard InChI is InChI=1S/C27H25F3O3/c1-3-13-31-24-12-11-22(26(29)27(24)30)18-7-5-17(6-8-18)21-10-9-19(14-23(21)28)20-15-32-25(4-2)33-16-20/h4-12,14,20,25H,2-3,13,15-16H2,1H3. The van der Waals surface area contributed by atoms with Crippen LogP contribution in [0.25, 0.3) is 22.3 Å². The van der Waals surface area contributed by atoms with E-state index >= 15 is 0 Å². The first kappa shape index (κ1) is 23.1. The third kappa shape index (κ3) is 4.97. The highest BCUT2D eigenvalue weighted by Gasteiger charge is 2.23. The summed E-state index contributed by atoms with van der Waals surface area (Å²) in [5.41, 5.74) is 2.45. The quantitative estimate of drug-likeness (QED) is 0.365. The van der Waals surface area contributed by atoms with Gasteiger partial charge in [0.2, 0.25) is 5.82 Å². The van der Waals surface area contributed by atoms with E-state index in [9.17, 15) is 13.2 Å². The minimum Gasteiger partial charge on any atom is -0.490 e. The smallest absolute Gasteiger partial charge is 0.201 e. The lowest BCUT2D eigenvalue weighted by atomic mass is 9.95. The van der Waals surface area contributed by atoms with Gasteiger partial charge in [-0.05, 0) is 47.4 Å². The first-order valence-corrected chi connectivity index (χ1v) is 10.9. The fourth-order valence-electron chi connectivity index (χ4n) is 3.77. The van der Waals surface area contributed by atoms with Crippen LogP contribution in [0.4, 0.5) is 13.2 Å². The van der Waals surface area contributed by atoms with E-state index in [1.54, 1.807) is 36.4 Å². The van der Waals surface area contributed by atoms with Gasteiger partial charge in [-0.2, -0.15) is 4.39 Å². The number of benzene rings is 3. The fourth-order valence-corrected chi connectivity index (χ4v) is 3.77. The molecule has 1 heterocycles. The molecule has 0 saturated carbocycles. The van der Waals surface area contributed by atoms with Crippen molar-refractivity contribution in [2.24, 2.45) is 0 Å². The average Bonchev–Trinajstić information content (AvgIpc) is 2.85. The molecule has 3 aromatic carbocycles. The zero-order valence-corrected chi connectivity index (χ0v) is 18.3. The maximum Gasteiger partial charge on any atom is 0.201 e. The molecule has 0 aromatic heterocycles. The lowest BCUT2D eigenvalue weighted by Gasteiger charge is -2.28. The molecule has 0 N–H and O–H groups in total. The van der Waals surface area contributed by atoms with Gasteiger partial charge in [0.1, 0.15) is 5.82 Å². The Bertz CT molecular complexity index is 1120. The van der Waals surface area contributed by atoms with Crippen molar-refractivity contribution in [3.63, 3.8) is 0 Å². The highest BCUT2D eigenvalue weighted by atomic mass is 19.2. The molecule has 1 fully saturated rings. The Morgan fingerprint density at radius 3 is 2.15 bits per heavy atom. The second-order valence-corrected chi connectivity index (χ2v) is 7.87. The van der Waals surface area contributed by atoms with Gasteiger partial charge >= 0.3 is 0 Å². The fraction of sp³-hybridized carbons (Fsp3) is 0.259. The molecule has 0 bridgehead atoms. The molecule has 1 saturated heterocycles. The second kappa shape index (κ2) is 10.2. The van der Waals surface area contributed by atoms with Gasteiger partial charge in [-0.1, -0.05) is 49.9 Å². The van der Waals surface area contributed by atoms with E-state index in [4.69, 9.17) is 14.2 Å². The van der Waals surface area contributed by atoms with Crippen molar-refractivity contribution in [3.05, 3.63) is 90.3 Å². The summed E-state index contributed by atoms with van der Waals surface area (Å²) >= 11 is 0. The van der Waals surface area contributed by atoms with Crippen LogP contribution in [-0.4, -0.2) is 26.1 Å². The summed E-state index contributed by atoms with van der Waals surface area (Å²) < 4.78 is 60.1. The number of ether oxygens (including phenoxy) is 3. The van der Waals surface area contributed by atoms with Gasteiger partial charge in [0.25, 0.3) is 0 Å². The lowest BCUT2D eigenvalue weighted by Crippen LogP contribution is -2.29. The number of hydrogen-bond acceptors (Lipinski definition) is 3. The van der Waals surface area contributed by atoms with E-state index in [1.165, 1.54) is 18.2 Å². The molecular weight excluding hydrogens is 429 g/mol. The predicted octanol–water partition coefficient (Wildman–Crippen LogP) is 6.87. The Hall–Kier alpha value is -3.09. The van der Waals surface area contributed by atoms with Crippen LogP contribution in [-0.2, 0) is 9.47 Å². The summed E-state index contributed by atoms with van der Waals surface area (Å²) in [5, 5.41) is 0. The largest absolute Gasteiger partial charge is 0.490 e. The van der Waals surface area contributed by atoms with Crippen molar-refractivity contribution >= 4 is 0 Å². The van der Waals surface area contributed by atoms with Crippen molar-refractivity contribution < 1.29 is 27.4 Å². The highest BCUT2D eigenvalue weighted by molar-refractivity contribution is 5.71. The van der Waals surface area contributed by atoms with E-state index in [0.717, 1.165) is 5.56 Å². The van der Waals surface area contributed by atoms with Crippen LogP contribution in [0.15, 0.2) is 67.3 Å². The minimum atomic E-state index is -1.01. The van der Waals surface area contributed by atoms with Crippen molar-refractivity contribution in [2.75, 3.05) is 19.8 Å². The number of hydrogen-bond donors (Lipinski definition) is 0. The molecule has 1 aliphatic rings. The topological polar surface area (TPSA) is 27.7 Å². The van der Waals surface area contributed by atoms with Crippen LogP contribution >= 0.6 is 0 Å². The molecule has 0 radical (unpaired) electrons. The number of halogens is 3. The minimum absolute atomic E-state index is 0.0609. The Morgan fingerprint density at radius 2 is 1.55 bits per heavy atom. The third-order valence-electron chi connectivity index (χ3n) is 5.60. The zero-order chi connectivity index (χ0) is 23.4. The van der Waals surface area contributed by atoms with Gasteiger partial charge in [0.05, 0.1) is 19.8 Å². The first-order valence-electron chi connectivity index (χ1n) is 10.9. The summed E-state index contributed by atoms with van der Waals surface area (Å²) in [4.78, 5) is 0. The van der Waals surface area contributed by atoms with Gasteiger partial charge in [-0.25, -0.2) is 8.78 Å². The molecule has 0 aliphatic carbocycles. The third-order valence-corrected chi connectivity index (χ3v) is 5.60. The number of rotatable bonds is 7. The Kier molecular flexibility index (Phi) is 7.16. The van der Waals surface area contributed by atoms with E-state index < -0.39 is 17.9 Å². The van der Waals surface area contributed by atoms with Crippen molar-refractivity contribution in [1.82, 2.24) is 0 Å². The summed E-state index contributed by atoms with van der Waals surface area (Å²) in [6, 6.07) is 14.6. The molecule has 3 aromatic rings. The van der Waals surface area contributed by atoms with Gasteiger partial charge in [-0.3, -0.25) is 0 Å². The van der Waals surface area contributed by atoms with Gasteiger partial charge < -0.3 is 14.2 Å². The van der Waals surface area contributed by atoms with Crippen molar-refractivity contribution in [1.29, 1.82) is 0 Å². The summed E-state index contributed by atoms with van der Waals surface area (Å²) in [7, 11) is 0. The highest BCUT2D eigenvalue weighted by Crippen LogP contribution is 2.33. The first-order chi connectivity index (χ1) is 16.0. The Balaban J connectivity index is 1.53. The average molecular weight is 454 g/mol. The normalized spacial score (nSPS) is 18.2. The molecule has 172 valence electrons. The molecule has 6 heteroatoms. The van der Waals surface area contributed by atoms with E-state index in [1.807, 2.05) is 13.0 Å². The lowest BCUT2D eigenvalue weighted by molar-refractivity contribution is -0.159. The molecule has 0 unspecified atom stereocenters. The van der Waals surface area contributed by atoms with Crippen LogP contribution in [0.2, 0.25) is 0 Å². The van der Waals surface area contributed by atoms with Gasteiger partial charge in [-0.15, -0.1) is 0 Å². The monoisotopic (exact) mass is 454 g/mol. The zero-order valence-electron chi connectivity index (χ0n) is 18.3.